The van der Waals surface area contributed by atoms with Gasteiger partial charge < -0.3 is 10.4 Å². The molecule has 2 aromatic rings. The van der Waals surface area contributed by atoms with Crippen LogP contribution in [0.1, 0.15) is 22.8 Å². The lowest BCUT2D eigenvalue weighted by Crippen LogP contribution is -2.39. The molecule has 0 spiro atoms. The van der Waals surface area contributed by atoms with E-state index in [-0.39, 0.29) is 15.5 Å². The van der Waals surface area contributed by atoms with Gasteiger partial charge in [0.05, 0.1) is 16.4 Å². The first-order valence-electron chi connectivity index (χ1n) is 6.70. The number of hydrogen-bond donors (Lipinski definition) is 3. The number of nitrogens with one attached hydrogen (secondary N) is 1. The highest BCUT2D eigenvalue weighted by Crippen LogP contribution is 2.30. The van der Waals surface area contributed by atoms with Crippen LogP contribution >= 0.6 is 22.9 Å². The quantitative estimate of drug-likeness (QED) is 0.699. The average Bonchev–Trinajstić information content (AvgIpc) is 2.86. The molecule has 4 N–H and O–H groups in total. The van der Waals surface area contributed by atoms with Crippen LogP contribution in [0, 0.1) is 11.6 Å². The molecular formula is C14H13ClF2N2O4S2. The zero-order valence-electron chi connectivity index (χ0n) is 12.7. The monoisotopic (exact) mass is 410 g/mol. The molecule has 0 aliphatic rings. The van der Waals surface area contributed by atoms with Crippen LogP contribution in [-0.2, 0) is 15.6 Å². The first-order valence-corrected chi connectivity index (χ1v) is 9.44. The van der Waals surface area contributed by atoms with Crippen LogP contribution in [0.25, 0.3) is 0 Å². The normalized spacial score (nSPS) is 14.2. The fourth-order valence-corrected chi connectivity index (χ4v) is 4.37. The average molecular weight is 411 g/mol. The molecule has 136 valence electrons. The van der Waals surface area contributed by atoms with Gasteiger partial charge in [0.25, 0.3) is 5.91 Å². The molecule has 25 heavy (non-hydrogen) atoms. The second kappa shape index (κ2) is 6.96. The number of amides is 1. The SMILES string of the molecule is CC(O)(CNC(=O)c1cc(Cl)sc1S(N)(=O)=O)c1ccc(F)cc1F. The third kappa shape index (κ3) is 4.53. The van der Waals surface area contributed by atoms with E-state index in [4.69, 9.17) is 16.7 Å². The van der Waals surface area contributed by atoms with Crippen molar-refractivity contribution in [2.75, 3.05) is 6.54 Å². The number of sulfonamides is 1. The van der Waals surface area contributed by atoms with E-state index < -0.39 is 43.9 Å². The Bertz CT molecular complexity index is 929. The number of carbonyl (C=O) groups excluding carboxylic acids is 1. The number of carbonyl (C=O) groups is 1. The largest absolute Gasteiger partial charge is 0.383 e. The molecule has 0 bridgehead atoms. The van der Waals surface area contributed by atoms with Gasteiger partial charge in [-0.05, 0) is 19.1 Å². The standard InChI is InChI=1S/C14H13ClF2N2O4S2/c1-14(21,9-3-2-7(16)4-10(9)17)6-19-12(20)8-5-11(15)24-13(8)25(18,22)23/h2-5,21H,6H2,1H3,(H,19,20)(H2,18,22,23). The minimum Gasteiger partial charge on any atom is -0.383 e. The van der Waals surface area contributed by atoms with Gasteiger partial charge in [-0.3, -0.25) is 4.79 Å². The van der Waals surface area contributed by atoms with Gasteiger partial charge in [0.15, 0.2) is 0 Å². The summed E-state index contributed by atoms with van der Waals surface area (Å²) >= 11 is 6.33. The lowest BCUT2D eigenvalue weighted by Gasteiger charge is -2.24. The second-order valence-corrected chi connectivity index (χ2v) is 8.82. The zero-order valence-corrected chi connectivity index (χ0v) is 15.1. The summed E-state index contributed by atoms with van der Waals surface area (Å²) in [7, 11) is -4.17. The number of rotatable bonds is 5. The van der Waals surface area contributed by atoms with Crippen LogP contribution in [0.2, 0.25) is 4.34 Å². The molecule has 1 amide bonds. The lowest BCUT2D eigenvalue weighted by atomic mass is 9.95. The van der Waals surface area contributed by atoms with Crippen molar-refractivity contribution in [1.82, 2.24) is 5.32 Å². The Hall–Kier alpha value is -1.59. The number of primary sulfonamides is 1. The van der Waals surface area contributed by atoms with Crippen molar-refractivity contribution in [1.29, 1.82) is 0 Å². The molecule has 1 heterocycles. The fourth-order valence-electron chi connectivity index (χ4n) is 2.08. The Morgan fingerprint density at radius 3 is 2.60 bits per heavy atom. The minimum atomic E-state index is -4.17. The highest BCUT2D eigenvalue weighted by Gasteiger charge is 2.29. The number of aliphatic hydroxyl groups is 1. The van der Waals surface area contributed by atoms with Crippen LogP contribution in [0.4, 0.5) is 8.78 Å². The Morgan fingerprint density at radius 2 is 2.04 bits per heavy atom. The van der Waals surface area contributed by atoms with E-state index in [1.54, 1.807) is 0 Å². The number of benzene rings is 1. The maximum Gasteiger partial charge on any atom is 0.253 e. The molecule has 6 nitrogen and oxygen atoms in total. The van der Waals surface area contributed by atoms with Crippen molar-refractivity contribution in [3.8, 4) is 0 Å². The molecule has 1 aromatic heterocycles. The van der Waals surface area contributed by atoms with E-state index in [9.17, 15) is 27.1 Å². The van der Waals surface area contributed by atoms with Gasteiger partial charge in [-0.1, -0.05) is 17.7 Å². The molecule has 1 unspecified atom stereocenters. The molecule has 0 fully saturated rings. The van der Waals surface area contributed by atoms with Crippen molar-refractivity contribution < 1.29 is 27.1 Å². The Kier molecular flexibility index (Phi) is 5.50. The Labute approximate surface area is 151 Å². The van der Waals surface area contributed by atoms with Crippen molar-refractivity contribution in [3.05, 3.63) is 51.4 Å². The second-order valence-electron chi connectivity index (χ2n) is 5.38. The molecule has 2 rings (SSSR count). The number of nitrogens with two attached hydrogens (primary N) is 1. The summed E-state index contributed by atoms with van der Waals surface area (Å²) in [6.07, 6.45) is 0. The molecule has 1 atom stereocenters. The highest BCUT2D eigenvalue weighted by atomic mass is 35.5. The van der Waals surface area contributed by atoms with Gasteiger partial charge in [0.1, 0.15) is 21.4 Å². The Balaban J connectivity index is 2.22. The van der Waals surface area contributed by atoms with E-state index in [2.05, 4.69) is 5.32 Å². The van der Waals surface area contributed by atoms with Crippen LogP contribution in [0.15, 0.2) is 28.5 Å². The lowest BCUT2D eigenvalue weighted by molar-refractivity contribution is 0.0494. The first-order chi connectivity index (χ1) is 11.4. The third-order valence-electron chi connectivity index (χ3n) is 3.28. The van der Waals surface area contributed by atoms with Gasteiger partial charge in [-0.2, -0.15) is 0 Å². The van der Waals surface area contributed by atoms with Gasteiger partial charge in [-0.15, -0.1) is 11.3 Å². The summed E-state index contributed by atoms with van der Waals surface area (Å²) in [5.41, 5.74) is -2.38. The van der Waals surface area contributed by atoms with E-state index in [1.165, 1.54) is 6.92 Å². The predicted molar refractivity (Wildman–Crippen MR) is 89.0 cm³/mol. The number of thiophene rings is 1. The van der Waals surface area contributed by atoms with E-state index >= 15 is 0 Å². The maximum absolute atomic E-state index is 13.8. The third-order valence-corrected chi connectivity index (χ3v) is 6.02. The van der Waals surface area contributed by atoms with Crippen molar-refractivity contribution in [3.63, 3.8) is 0 Å². The summed E-state index contributed by atoms with van der Waals surface area (Å²) in [5, 5.41) is 17.7. The highest BCUT2D eigenvalue weighted by molar-refractivity contribution is 7.91. The Morgan fingerprint density at radius 1 is 1.40 bits per heavy atom. The molecule has 0 aliphatic carbocycles. The summed E-state index contributed by atoms with van der Waals surface area (Å²) < 4.78 is 49.3. The molecule has 0 saturated carbocycles. The fraction of sp³-hybridized carbons (Fsp3) is 0.214. The first kappa shape index (κ1) is 19.7. The number of halogens is 3. The predicted octanol–water partition coefficient (Wildman–Crippen LogP) is 1.96. The van der Waals surface area contributed by atoms with Crippen LogP contribution in [0.5, 0.6) is 0 Å². The summed E-state index contributed by atoms with van der Waals surface area (Å²) in [6, 6.07) is 3.73. The number of hydrogen-bond acceptors (Lipinski definition) is 5. The summed E-state index contributed by atoms with van der Waals surface area (Å²) in [4.78, 5) is 12.2. The van der Waals surface area contributed by atoms with Gasteiger partial charge in [0, 0.05) is 11.6 Å². The van der Waals surface area contributed by atoms with Crippen LogP contribution < -0.4 is 10.5 Å². The molecule has 0 aliphatic heterocycles. The molecule has 1 aromatic carbocycles. The van der Waals surface area contributed by atoms with Crippen LogP contribution in [-0.4, -0.2) is 26.0 Å². The summed E-state index contributed by atoms with van der Waals surface area (Å²) in [6.45, 7) is 0.747. The van der Waals surface area contributed by atoms with E-state index in [1.807, 2.05) is 0 Å². The molecular weight excluding hydrogens is 398 g/mol. The zero-order chi connectivity index (χ0) is 19.0. The summed E-state index contributed by atoms with van der Waals surface area (Å²) in [5.74, 6) is -2.66. The van der Waals surface area contributed by atoms with Crippen molar-refractivity contribution in [2.45, 2.75) is 16.7 Å². The molecule has 11 heteroatoms. The maximum atomic E-state index is 13.8. The van der Waals surface area contributed by atoms with Crippen molar-refractivity contribution >= 4 is 38.9 Å². The molecule has 0 saturated heterocycles. The molecule has 0 radical (unpaired) electrons. The minimum absolute atomic E-state index is 0.0329. The van der Waals surface area contributed by atoms with Crippen molar-refractivity contribution in [2.24, 2.45) is 5.14 Å². The topological polar surface area (TPSA) is 109 Å². The van der Waals surface area contributed by atoms with Gasteiger partial charge in [0.2, 0.25) is 10.0 Å². The van der Waals surface area contributed by atoms with Gasteiger partial charge >= 0.3 is 0 Å². The van der Waals surface area contributed by atoms with E-state index in [0.717, 1.165) is 18.2 Å². The smallest absolute Gasteiger partial charge is 0.253 e. The van der Waals surface area contributed by atoms with Gasteiger partial charge in [-0.25, -0.2) is 22.3 Å². The van der Waals surface area contributed by atoms with E-state index in [0.29, 0.717) is 17.4 Å². The van der Waals surface area contributed by atoms with Crippen LogP contribution in [0.3, 0.4) is 0 Å².